The summed E-state index contributed by atoms with van der Waals surface area (Å²) < 4.78 is 11.6. The zero-order valence-electron chi connectivity index (χ0n) is 21.7. The molecule has 0 bridgehead atoms. The largest absolute Gasteiger partial charge is 0.478 e. The highest BCUT2D eigenvalue weighted by Crippen LogP contribution is 2.40. The Labute approximate surface area is 213 Å². The third-order valence-electron chi connectivity index (χ3n) is 6.52. The summed E-state index contributed by atoms with van der Waals surface area (Å²) in [5, 5.41) is 10.5. The number of carbonyl (C=O) groups excluding carboxylic acids is 1. The van der Waals surface area contributed by atoms with Gasteiger partial charge < -0.3 is 19.5 Å². The Kier molecular flexibility index (Phi) is 7.65. The van der Waals surface area contributed by atoms with Crippen molar-refractivity contribution in [3.05, 3.63) is 83.6 Å². The molecule has 3 aromatic rings. The molecule has 2 aromatic carbocycles. The smallest absolute Gasteiger partial charge is 0.410 e. The van der Waals surface area contributed by atoms with Crippen LogP contribution in [0, 0.1) is 6.92 Å². The third kappa shape index (κ3) is 6.24. The number of benzene rings is 2. The van der Waals surface area contributed by atoms with Crippen LogP contribution < -0.4 is 4.74 Å². The maximum Gasteiger partial charge on any atom is 0.410 e. The summed E-state index contributed by atoms with van der Waals surface area (Å²) in [5.41, 5.74) is 3.38. The Hall–Kier alpha value is -3.38. The molecule has 2 heterocycles. The number of ether oxygens (including phenoxy) is 2. The molecule has 4 rings (SSSR count). The van der Waals surface area contributed by atoms with Gasteiger partial charge in [-0.2, -0.15) is 0 Å². The summed E-state index contributed by atoms with van der Waals surface area (Å²) in [7, 11) is 0. The molecule has 1 atom stereocenters. The van der Waals surface area contributed by atoms with Gasteiger partial charge >= 0.3 is 6.09 Å². The Morgan fingerprint density at radius 2 is 1.81 bits per heavy atom. The van der Waals surface area contributed by atoms with Crippen LogP contribution in [0.1, 0.15) is 50.4 Å². The summed E-state index contributed by atoms with van der Waals surface area (Å²) in [6.07, 6.45) is 1.39. The lowest BCUT2D eigenvalue weighted by Gasteiger charge is -2.44. The molecule has 6 heteroatoms. The fourth-order valence-electron chi connectivity index (χ4n) is 4.92. The molecule has 1 aliphatic heterocycles. The van der Waals surface area contributed by atoms with Crippen molar-refractivity contribution < 1.29 is 19.4 Å². The molecular weight excluding hydrogens is 452 g/mol. The molecule has 1 aromatic heterocycles. The monoisotopic (exact) mass is 488 g/mol. The molecule has 0 aliphatic carbocycles. The van der Waals surface area contributed by atoms with Crippen molar-refractivity contribution in [3.63, 3.8) is 0 Å². The second-order valence-electron chi connectivity index (χ2n) is 10.2. The fraction of sp³-hybridized carbons (Fsp3) is 0.400. The topological polar surface area (TPSA) is 71.9 Å². The number of cyclic esters (lactones) is 1. The summed E-state index contributed by atoms with van der Waals surface area (Å²) in [6.45, 7) is 9.17. The first kappa shape index (κ1) is 25.7. The minimum absolute atomic E-state index is 0.332. The minimum Gasteiger partial charge on any atom is -0.478 e. The van der Waals surface area contributed by atoms with Gasteiger partial charge in [-0.15, -0.1) is 0 Å². The van der Waals surface area contributed by atoms with E-state index in [1.807, 2.05) is 56.3 Å². The van der Waals surface area contributed by atoms with Crippen LogP contribution in [0.3, 0.4) is 0 Å². The normalized spacial score (nSPS) is 18.1. The van der Waals surface area contributed by atoms with Crippen molar-refractivity contribution in [3.8, 4) is 17.0 Å². The molecule has 36 heavy (non-hydrogen) atoms. The molecule has 6 nitrogen and oxygen atoms in total. The van der Waals surface area contributed by atoms with Gasteiger partial charge in [0.2, 0.25) is 5.88 Å². The number of aromatic nitrogens is 1. The first-order chi connectivity index (χ1) is 17.2. The highest BCUT2D eigenvalue weighted by Gasteiger charge is 2.45. The van der Waals surface area contributed by atoms with Gasteiger partial charge in [0, 0.05) is 37.7 Å². The first-order valence-corrected chi connectivity index (χ1v) is 12.6. The van der Waals surface area contributed by atoms with Crippen LogP contribution in [-0.4, -0.2) is 46.4 Å². The first-order valence-electron chi connectivity index (χ1n) is 12.6. The quantitative estimate of drug-likeness (QED) is 0.406. The maximum atomic E-state index is 13.1. The van der Waals surface area contributed by atoms with E-state index in [1.165, 1.54) is 0 Å². The summed E-state index contributed by atoms with van der Waals surface area (Å²) >= 11 is 0. The summed E-state index contributed by atoms with van der Waals surface area (Å²) in [6, 6.07) is 22.2. The number of nitrogens with zero attached hydrogens (tertiary/aromatic N) is 2. The predicted octanol–water partition coefficient (Wildman–Crippen LogP) is 5.90. The summed E-state index contributed by atoms with van der Waals surface area (Å²) in [5.74, 6) is 0.636. The fourth-order valence-corrected chi connectivity index (χ4v) is 4.92. The van der Waals surface area contributed by atoms with Crippen LogP contribution in [0.5, 0.6) is 5.88 Å². The molecule has 0 saturated carbocycles. The van der Waals surface area contributed by atoms with Gasteiger partial charge in [-0.3, -0.25) is 0 Å². The van der Waals surface area contributed by atoms with Gasteiger partial charge in [0.05, 0.1) is 12.2 Å². The average molecular weight is 489 g/mol. The van der Waals surface area contributed by atoms with Crippen LogP contribution in [0.4, 0.5) is 4.79 Å². The molecule has 1 aliphatic rings. The van der Waals surface area contributed by atoms with E-state index >= 15 is 0 Å². The maximum absolute atomic E-state index is 13.1. The van der Waals surface area contributed by atoms with Gasteiger partial charge in [-0.25, -0.2) is 9.78 Å². The van der Waals surface area contributed by atoms with E-state index in [0.717, 1.165) is 34.4 Å². The van der Waals surface area contributed by atoms with Crippen molar-refractivity contribution in [1.82, 2.24) is 9.88 Å². The number of rotatable bonds is 9. The molecular formula is C30H36N2O4. The third-order valence-corrected chi connectivity index (χ3v) is 6.52. The lowest BCUT2D eigenvalue weighted by molar-refractivity contribution is -0.0960. The second-order valence-corrected chi connectivity index (χ2v) is 10.2. The summed E-state index contributed by atoms with van der Waals surface area (Å²) in [4.78, 5) is 19.2. The lowest BCUT2D eigenvalue weighted by Crippen LogP contribution is -2.51. The van der Waals surface area contributed by atoms with Gasteiger partial charge in [-0.05, 0) is 62.4 Å². The van der Waals surface area contributed by atoms with Crippen LogP contribution in [0.2, 0.25) is 0 Å². The molecule has 190 valence electrons. The van der Waals surface area contributed by atoms with Gasteiger partial charge in [0.1, 0.15) is 5.60 Å². The number of hydrogen-bond acceptors (Lipinski definition) is 5. The van der Waals surface area contributed by atoms with Crippen molar-refractivity contribution >= 4 is 6.09 Å². The molecule has 1 fully saturated rings. The van der Waals surface area contributed by atoms with Crippen LogP contribution in [-0.2, 0) is 16.8 Å². The van der Waals surface area contributed by atoms with E-state index in [0.29, 0.717) is 38.4 Å². The Morgan fingerprint density at radius 3 is 2.44 bits per heavy atom. The van der Waals surface area contributed by atoms with E-state index in [1.54, 1.807) is 18.7 Å². The van der Waals surface area contributed by atoms with Crippen molar-refractivity contribution in [1.29, 1.82) is 0 Å². The number of aryl methyl sites for hydroxylation is 1. The van der Waals surface area contributed by atoms with Gasteiger partial charge in [-0.1, -0.05) is 54.6 Å². The van der Waals surface area contributed by atoms with Gasteiger partial charge in [0.25, 0.3) is 0 Å². The van der Waals surface area contributed by atoms with Crippen LogP contribution in [0.15, 0.2) is 66.7 Å². The molecule has 0 spiro atoms. The highest BCUT2D eigenvalue weighted by molar-refractivity contribution is 5.69. The Bertz CT molecular complexity index is 1170. The number of hydrogen-bond donors (Lipinski definition) is 1. The minimum atomic E-state index is -0.961. The van der Waals surface area contributed by atoms with E-state index in [-0.39, 0.29) is 6.09 Å². The zero-order valence-corrected chi connectivity index (χ0v) is 21.7. The SMILES string of the molecule is CCOc1cc(-c2ccc(CCN3CC[C@](CC(C)(C)O)(c4ccccc4)OC3=O)cc2)cc(C)n1. The van der Waals surface area contributed by atoms with Crippen LogP contribution >= 0.6 is 0 Å². The van der Waals surface area contributed by atoms with E-state index < -0.39 is 11.2 Å². The lowest BCUT2D eigenvalue weighted by atomic mass is 9.80. The molecule has 1 saturated heterocycles. The number of pyridine rings is 1. The predicted molar refractivity (Wildman–Crippen MR) is 141 cm³/mol. The van der Waals surface area contributed by atoms with Crippen molar-refractivity contribution in [2.75, 3.05) is 19.7 Å². The average Bonchev–Trinajstić information content (AvgIpc) is 2.83. The molecule has 1 amide bonds. The van der Waals surface area contributed by atoms with Crippen LogP contribution in [0.25, 0.3) is 11.1 Å². The van der Waals surface area contributed by atoms with Crippen molar-refractivity contribution in [2.45, 2.75) is 58.2 Å². The van der Waals surface area contributed by atoms with E-state index in [9.17, 15) is 9.90 Å². The highest BCUT2D eigenvalue weighted by atomic mass is 16.6. The molecule has 0 radical (unpaired) electrons. The van der Waals surface area contributed by atoms with Gasteiger partial charge in [0.15, 0.2) is 0 Å². The standard InChI is InChI=1S/C30H36N2O4/c1-5-35-27-20-25(19-22(2)31-27)24-13-11-23(12-14-24)15-17-32-18-16-30(36-28(32)33,21-29(3,4)34)26-9-7-6-8-10-26/h6-14,19-20,34H,5,15-18,21H2,1-4H3/t30-/m0/s1. The zero-order chi connectivity index (χ0) is 25.8. The van der Waals surface area contributed by atoms with E-state index in [2.05, 4.69) is 29.2 Å². The molecule has 1 N–H and O–H groups in total. The molecule has 0 unspecified atom stereocenters. The number of aliphatic hydroxyl groups is 1. The number of carbonyl (C=O) groups is 1. The second kappa shape index (κ2) is 10.7. The van der Waals surface area contributed by atoms with E-state index in [4.69, 9.17) is 9.47 Å². The Morgan fingerprint density at radius 1 is 1.08 bits per heavy atom. The number of amides is 1. The Balaban J connectivity index is 1.41. The van der Waals surface area contributed by atoms with Crippen molar-refractivity contribution in [2.24, 2.45) is 0 Å².